The number of nitrogens with zero attached hydrogens (tertiary/aromatic N) is 3. The first kappa shape index (κ1) is 14.3. The molecule has 22 heavy (non-hydrogen) atoms. The van der Waals surface area contributed by atoms with E-state index in [4.69, 9.17) is 14.4 Å². The predicted octanol–water partition coefficient (Wildman–Crippen LogP) is 2.25. The van der Waals surface area contributed by atoms with Crippen LogP contribution in [-0.2, 0) is 0 Å². The minimum atomic E-state index is -1.15. The molecule has 0 saturated heterocycles. The van der Waals surface area contributed by atoms with Gasteiger partial charge in [0.25, 0.3) is 0 Å². The Morgan fingerprint density at radius 3 is 3.14 bits per heavy atom. The molecule has 8 heteroatoms. The smallest absolute Gasteiger partial charge is 0.405 e. The Morgan fingerprint density at radius 2 is 2.41 bits per heavy atom. The third kappa shape index (κ3) is 3.51. The second kappa shape index (κ2) is 6.00. The molecule has 1 aliphatic carbocycles. The normalized spacial score (nSPS) is 15.3. The monoisotopic (exact) mass is 304 g/mol. The lowest BCUT2D eigenvalue weighted by Gasteiger charge is -2.05. The average molecular weight is 304 g/mol. The number of carboxylic acid groups (broad SMARTS) is 1. The summed E-state index contributed by atoms with van der Waals surface area (Å²) in [5.41, 5.74) is 0.707. The highest BCUT2D eigenvalue weighted by molar-refractivity contribution is 5.65. The van der Waals surface area contributed by atoms with E-state index >= 15 is 0 Å². The fourth-order valence-corrected chi connectivity index (χ4v) is 1.89. The highest BCUT2D eigenvalue weighted by Gasteiger charge is 2.22. The zero-order valence-electron chi connectivity index (χ0n) is 12.0. The summed E-state index contributed by atoms with van der Waals surface area (Å²) in [6, 6.07) is 2.91. The van der Waals surface area contributed by atoms with E-state index in [0.717, 1.165) is 0 Å². The summed E-state index contributed by atoms with van der Waals surface area (Å²) in [6.07, 6.45) is 2.89. The SMILES string of the molecule is CC(NC(=O)O)c1nc(-c2ccnc(OCC3CC3)c2)no1. The summed E-state index contributed by atoms with van der Waals surface area (Å²) >= 11 is 0. The number of hydrogen-bond donors (Lipinski definition) is 2. The van der Waals surface area contributed by atoms with Gasteiger partial charge in [-0.1, -0.05) is 5.16 Å². The lowest BCUT2D eigenvalue weighted by atomic mass is 10.2. The molecule has 2 aromatic rings. The molecule has 1 aliphatic rings. The van der Waals surface area contributed by atoms with Crippen molar-refractivity contribution in [1.29, 1.82) is 0 Å². The Kier molecular flexibility index (Phi) is 3.90. The van der Waals surface area contributed by atoms with Gasteiger partial charge in [0.2, 0.25) is 17.6 Å². The van der Waals surface area contributed by atoms with Crippen LogP contribution in [0, 0.1) is 5.92 Å². The van der Waals surface area contributed by atoms with Crippen molar-refractivity contribution in [3.63, 3.8) is 0 Å². The molecule has 2 N–H and O–H groups in total. The fourth-order valence-electron chi connectivity index (χ4n) is 1.89. The van der Waals surface area contributed by atoms with Crippen molar-refractivity contribution in [1.82, 2.24) is 20.4 Å². The quantitative estimate of drug-likeness (QED) is 0.842. The molecule has 1 amide bonds. The topological polar surface area (TPSA) is 110 Å². The summed E-state index contributed by atoms with van der Waals surface area (Å²) in [5, 5.41) is 14.8. The number of nitrogens with one attached hydrogen (secondary N) is 1. The number of amides is 1. The van der Waals surface area contributed by atoms with E-state index in [2.05, 4.69) is 20.4 Å². The molecule has 116 valence electrons. The highest BCUT2D eigenvalue weighted by atomic mass is 16.5. The maximum atomic E-state index is 10.6. The number of aromatic nitrogens is 3. The predicted molar refractivity (Wildman–Crippen MR) is 75.3 cm³/mol. The Hall–Kier alpha value is -2.64. The maximum absolute atomic E-state index is 10.6. The molecule has 1 atom stereocenters. The van der Waals surface area contributed by atoms with E-state index in [0.29, 0.717) is 29.8 Å². The number of ether oxygens (including phenoxy) is 1. The molecule has 2 aromatic heterocycles. The molecule has 0 bridgehead atoms. The summed E-state index contributed by atoms with van der Waals surface area (Å²) < 4.78 is 10.7. The fraction of sp³-hybridized carbons (Fsp3) is 0.429. The van der Waals surface area contributed by atoms with Gasteiger partial charge in [-0.05, 0) is 31.7 Å². The first-order valence-electron chi connectivity index (χ1n) is 7.04. The van der Waals surface area contributed by atoms with E-state index in [1.807, 2.05) is 0 Å². The van der Waals surface area contributed by atoms with Crippen LogP contribution >= 0.6 is 0 Å². The van der Waals surface area contributed by atoms with E-state index < -0.39 is 12.1 Å². The van der Waals surface area contributed by atoms with Gasteiger partial charge in [-0.15, -0.1) is 0 Å². The van der Waals surface area contributed by atoms with Gasteiger partial charge >= 0.3 is 6.09 Å². The molecule has 0 radical (unpaired) electrons. The van der Waals surface area contributed by atoms with Crippen molar-refractivity contribution < 1.29 is 19.2 Å². The van der Waals surface area contributed by atoms with Gasteiger partial charge in [-0.25, -0.2) is 9.78 Å². The third-order valence-electron chi connectivity index (χ3n) is 3.31. The summed E-state index contributed by atoms with van der Waals surface area (Å²) in [7, 11) is 0. The summed E-state index contributed by atoms with van der Waals surface area (Å²) in [4.78, 5) is 19.0. The van der Waals surface area contributed by atoms with Crippen LogP contribution < -0.4 is 10.1 Å². The minimum absolute atomic E-state index is 0.203. The molecule has 0 spiro atoms. The maximum Gasteiger partial charge on any atom is 0.405 e. The number of hydrogen-bond acceptors (Lipinski definition) is 6. The summed E-state index contributed by atoms with van der Waals surface area (Å²) in [5.74, 6) is 1.74. The standard InChI is InChI=1S/C14H16N4O4/c1-8(16-14(19)20)13-17-12(18-22-13)10-4-5-15-11(6-10)21-7-9-2-3-9/h4-6,8-9,16H,2-3,7H2,1H3,(H,19,20). The molecule has 1 saturated carbocycles. The summed E-state index contributed by atoms with van der Waals surface area (Å²) in [6.45, 7) is 2.30. The van der Waals surface area contributed by atoms with E-state index in [1.165, 1.54) is 12.8 Å². The van der Waals surface area contributed by atoms with E-state index in [1.54, 1.807) is 25.3 Å². The third-order valence-corrected chi connectivity index (χ3v) is 3.31. The van der Waals surface area contributed by atoms with Crippen molar-refractivity contribution in [3.05, 3.63) is 24.2 Å². The largest absolute Gasteiger partial charge is 0.477 e. The molecule has 1 unspecified atom stereocenters. The lowest BCUT2D eigenvalue weighted by Crippen LogP contribution is -2.24. The van der Waals surface area contributed by atoms with Crippen LogP contribution in [0.3, 0.4) is 0 Å². The Morgan fingerprint density at radius 1 is 1.59 bits per heavy atom. The van der Waals surface area contributed by atoms with Gasteiger partial charge < -0.3 is 19.7 Å². The molecule has 2 heterocycles. The van der Waals surface area contributed by atoms with Crippen LogP contribution in [0.15, 0.2) is 22.9 Å². The van der Waals surface area contributed by atoms with Gasteiger partial charge in [0.1, 0.15) is 6.04 Å². The van der Waals surface area contributed by atoms with Crippen molar-refractivity contribution in [2.45, 2.75) is 25.8 Å². The second-order valence-corrected chi connectivity index (χ2v) is 5.26. The van der Waals surface area contributed by atoms with Crippen LogP contribution in [0.1, 0.15) is 31.7 Å². The lowest BCUT2D eigenvalue weighted by molar-refractivity contribution is 0.187. The number of pyridine rings is 1. The average Bonchev–Trinajstić information content (AvgIpc) is 3.18. The molecular weight excluding hydrogens is 288 g/mol. The first-order chi connectivity index (χ1) is 10.6. The van der Waals surface area contributed by atoms with Gasteiger partial charge in [0.05, 0.1) is 6.61 Å². The van der Waals surface area contributed by atoms with Crippen LogP contribution in [0.25, 0.3) is 11.4 Å². The molecule has 1 fully saturated rings. The van der Waals surface area contributed by atoms with Gasteiger partial charge in [-0.3, -0.25) is 0 Å². The van der Waals surface area contributed by atoms with E-state index in [9.17, 15) is 4.79 Å². The van der Waals surface area contributed by atoms with Crippen molar-refractivity contribution in [2.75, 3.05) is 6.61 Å². The van der Waals surface area contributed by atoms with Gasteiger partial charge in [-0.2, -0.15) is 4.98 Å². The Labute approximate surface area is 126 Å². The Bertz CT molecular complexity index is 668. The molecule has 8 nitrogen and oxygen atoms in total. The molecule has 3 rings (SSSR count). The van der Waals surface area contributed by atoms with Gasteiger partial charge in [0.15, 0.2) is 0 Å². The zero-order valence-corrected chi connectivity index (χ0v) is 12.0. The van der Waals surface area contributed by atoms with Crippen molar-refractivity contribution >= 4 is 6.09 Å². The highest BCUT2D eigenvalue weighted by Crippen LogP contribution is 2.29. The van der Waals surface area contributed by atoms with Crippen LogP contribution in [0.5, 0.6) is 5.88 Å². The number of carbonyl (C=O) groups is 1. The molecule has 0 aliphatic heterocycles. The zero-order chi connectivity index (χ0) is 15.5. The molecule has 0 aromatic carbocycles. The van der Waals surface area contributed by atoms with Crippen molar-refractivity contribution in [3.8, 4) is 17.3 Å². The van der Waals surface area contributed by atoms with Gasteiger partial charge in [0, 0.05) is 17.8 Å². The van der Waals surface area contributed by atoms with Crippen LogP contribution in [0.2, 0.25) is 0 Å². The molecular formula is C14H16N4O4. The van der Waals surface area contributed by atoms with Crippen LogP contribution in [-0.4, -0.2) is 32.9 Å². The van der Waals surface area contributed by atoms with E-state index in [-0.39, 0.29) is 5.89 Å². The second-order valence-electron chi connectivity index (χ2n) is 5.26. The number of rotatable bonds is 6. The first-order valence-corrected chi connectivity index (χ1v) is 7.04. The van der Waals surface area contributed by atoms with Crippen LogP contribution in [0.4, 0.5) is 4.79 Å². The minimum Gasteiger partial charge on any atom is -0.477 e. The Balaban J connectivity index is 1.71. The van der Waals surface area contributed by atoms with Crippen molar-refractivity contribution in [2.24, 2.45) is 5.92 Å².